The minimum Gasteiger partial charge on any atom is -0.431 e. The molecule has 0 aliphatic heterocycles. The Hall–Kier alpha value is -1.53. The summed E-state index contributed by atoms with van der Waals surface area (Å²) in [5.41, 5.74) is 1.52. The van der Waals surface area contributed by atoms with Crippen molar-refractivity contribution < 1.29 is 14.3 Å². The molecule has 2 aromatic rings. The predicted octanol–water partition coefficient (Wildman–Crippen LogP) is 1.42. The highest BCUT2D eigenvalue weighted by atomic mass is 32.2. The molecule has 0 saturated heterocycles. The molecule has 0 aliphatic rings. The van der Waals surface area contributed by atoms with Crippen LogP contribution in [0.2, 0.25) is 0 Å². The third kappa shape index (κ3) is 3.48. The van der Waals surface area contributed by atoms with Gasteiger partial charge in [-0.3, -0.25) is 4.79 Å². The molecular weight excluding hydrogens is 252 g/mol. The number of fused-ring (bicyclic) bond motifs is 1. The molecule has 18 heavy (non-hydrogen) atoms. The highest BCUT2D eigenvalue weighted by molar-refractivity contribution is 7.99. The van der Waals surface area contributed by atoms with Gasteiger partial charge in [0.25, 0.3) is 5.22 Å². The molecule has 0 spiro atoms. The third-order valence-corrected chi connectivity index (χ3v) is 3.09. The van der Waals surface area contributed by atoms with E-state index >= 15 is 0 Å². The van der Waals surface area contributed by atoms with E-state index in [9.17, 15) is 4.79 Å². The maximum Gasteiger partial charge on any atom is 0.257 e. The summed E-state index contributed by atoms with van der Waals surface area (Å²) in [5, 5.41) is 11.8. The fourth-order valence-corrected chi connectivity index (χ4v) is 2.07. The first-order valence-electron chi connectivity index (χ1n) is 5.65. The zero-order valence-corrected chi connectivity index (χ0v) is 10.6. The second-order valence-electron chi connectivity index (χ2n) is 3.66. The number of benzene rings is 1. The van der Waals surface area contributed by atoms with Gasteiger partial charge in [0.2, 0.25) is 5.91 Å². The number of hydrogen-bond acceptors (Lipinski definition) is 5. The molecule has 2 N–H and O–H groups in total. The standard InChI is InChI=1S/C12H14N2O3S/c15-7-3-6-13-11(16)8-18-12-14-9-4-1-2-5-10(9)17-12/h1-2,4-5,15H,3,6-8H2,(H,13,16). The summed E-state index contributed by atoms with van der Waals surface area (Å²) in [7, 11) is 0. The van der Waals surface area contributed by atoms with Crippen molar-refractivity contribution in [2.75, 3.05) is 18.9 Å². The Morgan fingerprint density at radius 2 is 2.28 bits per heavy atom. The number of nitrogens with one attached hydrogen (secondary N) is 1. The molecule has 0 radical (unpaired) electrons. The lowest BCUT2D eigenvalue weighted by Gasteiger charge is -2.01. The molecule has 96 valence electrons. The fourth-order valence-electron chi connectivity index (χ4n) is 1.40. The molecule has 5 nitrogen and oxygen atoms in total. The number of rotatable bonds is 6. The summed E-state index contributed by atoms with van der Waals surface area (Å²) in [6.45, 7) is 0.571. The van der Waals surface area contributed by atoms with Crippen molar-refractivity contribution in [1.29, 1.82) is 0 Å². The van der Waals surface area contributed by atoms with E-state index in [1.165, 1.54) is 11.8 Å². The second-order valence-corrected chi connectivity index (χ2v) is 4.59. The molecule has 0 bridgehead atoms. The van der Waals surface area contributed by atoms with Crippen LogP contribution < -0.4 is 5.32 Å². The number of carbonyl (C=O) groups excluding carboxylic acids is 1. The van der Waals surface area contributed by atoms with E-state index in [0.717, 1.165) is 11.1 Å². The number of aromatic nitrogens is 1. The SMILES string of the molecule is O=C(CSc1nc2ccccc2o1)NCCCO. The van der Waals surface area contributed by atoms with E-state index in [1.54, 1.807) is 0 Å². The van der Waals surface area contributed by atoms with Crippen LogP contribution in [0.25, 0.3) is 11.1 Å². The number of aliphatic hydroxyl groups is 1. The van der Waals surface area contributed by atoms with E-state index in [-0.39, 0.29) is 18.3 Å². The van der Waals surface area contributed by atoms with Gasteiger partial charge in [0.1, 0.15) is 5.52 Å². The minimum atomic E-state index is -0.0873. The summed E-state index contributed by atoms with van der Waals surface area (Å²) in [6.07, 6.45) is 0.569. The van der Waals surface area contributed by atoms with Gasteiger partial charge in [0.15, 0.2) is 5.58 Å². The van der Waals surface area contributed by atoms with E-state index in [2.05, 4.69) is 10.3 Å². The zero-order chi connectivity index (χ0) is 12.8. The number of oxazole rings is 1. The Balaban J connectivity index is 1.84. The molecule has 0 saturated carbocycles. The number of nitrogens with zero attached hydrogens (tertiary/aromatic N) is 1. The monoisotopic (exact) mass is 266 g/mol. The average Bonchev–Trinajstić information content (AvgIpc) is 2.79. The van der Waals surface area contributed by atoms with Crippen molar-refractivity contribution in [3.63, 3.8) is 0 Å². The largest absolute Gasteiger partial charge is 0.431 e. The average molecular weight is 266 g/mol. The molecule has 0 fully saturated rings. The Bertz CT molecular complexity index is 494. The Kier molecular flexibility index (Phi) is 4.60. The van der Waals surface area contributed by atoms with Crippen molar-refractivity contribution in [2.24, 2.45) is 0 Å². The van der Waals surface area contributed by atoms with Gasteiger partial charge in [-0.2, -0.15) is 0 Å². The van der Waals surface area contributed by atoms with Crippen molar-refractivity contribution in [1.82, 2.24) is 10.3 Å². The van der Waals surface area contributed by atoms with Crippen molar-refractivity contribution in [2.45, 2.75) is 11.6 Å². The van der Waals surface area contributed by atoms with Gasteiger partial charge in [-0.25, -0.2) is 4.98 Å². The van der Waals surface area contributed by atoms with Crippen LogP contribution in [-0.4, -0.2) is 34.9 Å². The van der Waals surface area contributed by atoms with Crippen LogP contribution in [0.3, 0.4) is 0 Å². The summed E-state index contributed by atoms with van der Waals surface area (Å²) in [5.74, 6) is 0.175. The number of hydrogen-bond donors (Lipinski definition) is 2. The number of para-hydroxylation sites is 2. The van der Waals surface area contributed by atoms with E-state index in [1.807, 2.05) is 24.3 Å². The first kappa shape index (κ1) is 12.9. The summed E-state index contributed by atoms with van der Waals surface area (Å²) in [4.78, 5) is 15.7. The van der Waals surface area contributed by atoms with Crippen LogP contribution in [0.5, 0.6) is 0 Å². The van der Waals surface area contributed by atoms with Gasteiger partial charge >= 0.3 is 0 Å². The highest BCUT2D eigenvalue weighted by Crippen LogP contribution is 2.22. The topological polar surface area (TPSA) is 75.4 Å². The number of aliphatic hydroxyl groups excluding tert-OH is 1. The molecule has 1 amide bonds. The van der Waals surface area contributed by atoms with Gasteiger partial charge in [-0.1, -0.05) is 23.9 Å². The molecule has 0 atom stereocenters. The van der Waals surface area contributed by atoms with E-state index < -0.39 is 0 Å². The van der Waals surface area contributed by atoms with Crippen molar-refractivity contribution in [3.05, 3.63) is 24.3 Å². The lowest BCUT2D eigenvalue weighted by Crippen LogP contribution is -2.26. The molecule has 0 aliphatic carbocycles. The second kappa shape index (κ2) is 6.42. The number of carbonyl (C=O) groups is 1. The first-order valence-corrected chi connectivity index (χ1v) is 6.64. The summed E-state index contributed by atoms with van der Waals surface area (Å²) in [6, 6.07) is 7.47. The van der Waals surface area contributed by atoms with Crippen LogP contribution in [-0.2, 0) is 4.79 Å². The summed E-state index contributed by atoms with van der Waals surface area (Å²) >= 11 is 1.26. The van der Waals surface area contributed by atoms with Crippen LogP contribution in [0.4, 0.5) is 0 Å². The van der Waals surface area contributed by atoms with Gasteiger partial charge < -0.3 is 14.8 Å². The van der Waals surface area contributed by atoms with Gasteiger partial charge in [0, 0.05) is 13.2 Å². The van der Waals surface area contributed by atoms with Gasteiger partial charge in [-0.05, 0) is 18.6 Å². The zero-order valence-electron chi connectivity index (χ0n) is 9.76. The predicted molar refractivity (Wildman–Crippen MR) is 69.4 cm³/mol. The Morgan fingerprint density at radius 3 is 3.06 bits per heavy atom. The molecular formula is C12H14N2O3S. The molecule has 1 heterocycles. The normalized spacial score (nSPS) is 10.7. The third-order valence-electron chi connectivity index (χ3n) is 2.26. The maximum absolute atomic E-state index is 11.4. The number of thioether (sulfide) groups is 1. The first-order chi connectivity index (χ1) is 8.79. The Morgan fingerprint density at radius 1 is 1.44 bits per heavy atom. The number of amides is 1. The van der Waals surface area contributed by atoms with E-state index in [0.29, 0.717) is 18.2 Å². The Labute approximate surface area is 109 Å². The van der Waals surface area contributed by atoms with Crippen molar-refractivity contribution in [3.8, 4) is 0 Å². The van der Waals surface area contributed by atoms with Gasteiger partial charge in [-0.15, -0.1) is 0 Å². The van der Waals surface area contributed by atoms with Gasteiger partial charge in [0.05, 0.1) is 5.75 Å². The van der Waals surface area contributed by atoms with Crippen molar-refractivity contribution >= 4 is 28.8 Å². The fraction of sp³-hybridized carbons (Fsp3) is 0.333. The summed E-state index contributed by atoms with van der Waals surface area (Å²) < 4.78 is 5.48. The maximum atomic E-state index is 11.4. The lowest BCUT2D eigenvalue weighted by atomic mass is 10.3. The van der Waals surface area contributed by atoms with Crippen LogP contribution in [0, 0.1) is 0 Å². The molecule has 6 heteroatoms. The van der Waals surface area contributed by atoms with E-state index in [4.69, 9.17) is 9.52 Å². The smallest absolute Gasteiger partial charge is 0.257 e. The lowest BCUT2D eigenvalue weighted by molar-refractivity contribution is -0.118. The van der Waals surface area contributed by atoms with Crippen LogP contribution >= 0.6 is 11.8 Å². The quantitative estimate of drug-likeness (QED) is 0.611. The molecule has 1 aromatic heterocycles. The highest BCUT2D eigenvalue weighted by Gasteiger charge is 2.08. The van der Waals surface area contributed by atoms with Crippen LogP contribution in [0.1, 0.15) is 6.42 Å². The molecule has 2 rings (SSSR count). The minimum absolute atomic E-state index is 0.0819. The molecule has 0 unspecified atom stereocenters. The van der Waals surface area contributed by atoms with Crippen LogP contribution in [0.15, 0.2) is 33.9 Å². The molecule has 1 aromatic carbocycles.